The number of nitrogens with zero attached hydrogens (tertiary/aromatic N) is 1. The predicted octanol–water partition coefficient (Wildman–Crippen LogP) is -2.51. The molecule has 78 valence electrons. The maximum atomic E-state index is 9.91. The molecule has 0 radical (unpaired) electrons. The molecule has 0 saturated heterocycles. The van der Waals surface area contributed by atoms with E-state index in [2.05, 4.69) is 21.1 Å². The zero-order valence-electron chi connectivity index (χ0n) is 8.71. The third kappa shape index (κ3) is 11.7. The zero-order valence-corrected chi connectivity index (χ0v) is 9.47. The Bertz CT molecular complexity index is 171. The number of ether oxygens (including phenoxy) is 1. The molecule has 1 atom stereocenters. The standard InChI is InChI=1S/C9H18NO2.ClH/c1-9(5-7-11)12-8-6-10(2,3)4;/h5,9H,6,8H2,1-4H3;1H/q+1;/p-1. The molecule has 3 nitrogen and oxygen atoms in total. The van der Waals surface area contributed by atoms with Crippen LogP contribution in [-0.2, 0) is 9.53 Å². The van der Waals surface area contributed by atoms with E-state index < -0.39 is 0 Å². The molecule has 0 rings (SSSR count). The number of halogens is 1. The van der Waals surface area contributed by atoms with Gasteiger partial charge in [-0.3, -0.25) is 0 Å². The maximum absolute atomic E-state index is 9.91. The van der Waals surface area contributed by atoms with Crippen molar-refractivity contribution in [2.45, 2.75) is 13.0 Å². The largest absolute Gasteiger partial charge is 1.00 e. The van der Waals surface area contributed by atoms with Gasteiger partial charge in [-0.05, 0) is 6.92 Å². The Labute approximate surface area is 86.4 Å². The van der Waals surface area contributed by atoms with E-state index in [9.17, 15) is 4.79 Å². The summed E-state index contributed by atoms with van der Waals surface area (Å²) in [6.07, 6.45) is 1.27. The van der Waals surface area contributed by atoms with E-state index in [4.69, 9.17) is 4.74 Å². The van der Waals surface area contributed by atoms with E-state index in [1.807, 2.05) is 6.92 Å². The van der Waals surface area contributed by atoms with Crippen LogP contribution in [0.15, 0.2) is 6.08 Å². The molecule has 0 aliphatic rings. The van der Waals surface area contributed by atoms with E-state index in [0.29, 0.717) is 6.61 Å². The van der Waals surface area contributed by atoms with Crippen LogP contribution in [0.1, 0.15) is 6.92 Å². The lowest BCUT2D eigenvalue weighted by Gasteiger charge is -2.24. The third-order valence-electron chi connectivity index (χ3n) is 1.45. The molecular formula is C9H18ClNO2. The predicted molar refractivity (Wildman–Crippen MR) is 48.6 cm³/mol. The quantitative estimate of drug-likeness (QED) is 0.368. The van der Waals surface area contributed by atoms with Crippen LogP contribution in [-0.4, -0.2) is 50.8 Å². The molecule has 0 amide bonds. The maximum Gasteiger partial charge on any atom is 0.122 e. The Morgan fingerprint density at radius 1 is 1.46 bits per heavy atom. The number of carbonyl (C=O) groups excluding carboxylic acids is 1. The second-order valence-corrected chi connectivity index (χ2v) is 3.87. The summed E-state index contributed by atoms with van der Waals surface area (Å²) in [6, 6.07) is 0. The van der Waals surface area contributed by atoms with Gasteiger partial charge in [0.15, 0.2) is 0 Å². The van der Waals surface area contributed by atoms with Crippen molar-refractivity contribution >= 4 is 5.94 Å². The van der Waals surface area contributed by atoms with Crippen LogP contribution in [0.25, 0.3) is 0 Å². The third-order valence-corrected chi connectivity index (χ3v) is 1.45. The average Bonchev–Trinajstić information content (AvgIpc) is 1.84. The molecule has 1 unspecified atom stereocenters. The number of quaternary nitrogens is 1. The van der Waals surface area contributed by atoms with Gasteiger partial charge in [0.05, 0.1) is 33.9 Å². The lowest BCUT2D eigenvalue weighted by Crippen LogP contribution is -3.00. The first kappa shape index (κ1) is 15.1. The van der Waals surface area contributed by atoms with Crippen LogP contribution in [0.2, 0.25) is 0 Å². The normalized spacial score (nSPS) is 12.6. The van der Waals surface area contributed by atoms with Crippen LogP contribution in [0.5, 0.6) is 0 Å². The first-order valence-corrected chi connectivity index (χ1v) is 4.09. The highest BCUT2D eigenvalue weighted by atomic mass is 35.5. The fourth-order valence-electron chi connectivity index (χ4n) is 0.656. The van der Waals surface area contributed by atoms with Crippen molar-refractivity contribution in [2.24, 2.45) is 0 Å². The Morgan fingerprint density at radius 3 is 2.38 bits per heavy atom. The van der Waals surface area contributed by atoms with Gasteiger partial charge in [-0.2, -0.15) is 0 Å². The first-order chi connectivity index (χ1) is 5.45. The van der Waals surface area contributed by atoms with E-state index in [1.165, 1.54) is 6.08 Å². The van der Waals surface area contributed by atoms with E-state index in [1.54, 1.807) is 5.94 Å². The summed E-state index contributed by atoms with van der Waals surface area (Å²) in [5, 5.41) is 0. The summed E-state index contributed by atoms with van der Waals surface area (Å²) in [5.41, 5.74) is 0. The fraction of sp³-hybridized carbons (Fsp3) is 0.778. The van der Waals surface area contributed by atoms with Gasteiger partial charge < -0.3 is 21.6 Å². The smallest absolute Gasteiger partial charge is 0.122 e. The number of hydrogen-bond donors (Lipinski definition) is 0. The van der Waals surface area contributed by atoms with Gasteiger partial charge in [0.25, 0.3) is 0 Å². The van der Waals surface area contributed by atoms with Crippen molar-refractivity contribution in [3.8, 4) is 0 Å². The summed E-state index contributed by atoms with van der Waals surface area (Å²) in [5.74, 6) is 1.71. The second kappa shape index (κ2) is 7.10. The zero-order chi connectivity index (χ0) is 9.61. The molecule has 0 spiro atoms. The van der Waals surface area contributed by atoms with Crippen LogP contribution >= 0.6 is 0 Å². The van der Waals surface area contributed by atoms with Crippen molar-refractivity contribution in [1.29, 1.82) is 0 Å². The van der Waals surface area contributed by atoms with Crippen molar-refractivity contribution in [3.63, 3.8) is 0 Å². The minimum absolute atomic E-state index is 0. The SMILES string of the molecule is CC(C=C=O)OCC[N+](C)(C)C.[Cl-]. The van der Waals surface area contributed by atoms with Gasteiger partial charge in [0.1, 0.15) is 12.5 Å². The molecule has 4 heteroatoms. The first-order valence-electron chi connectivity index (χ1n) is 4.09. The highest BCUT2D eigenvalue weighted by molar-refractivity contribution is 5.45. The van der Waals surface area contributed by atoms with Crippen LogP contribution in [0.3, 0.4) is 0 Å². The van der Waals surface area contributed by atoms with Crippen molar-refractivity contribution in [2.75, 3.05) is 34.3 Å². The topological polar surface area (TPSA) is 26.3 Å². The molecule has 0 heterocycles. The number of rotatable bonds is 5. The monoisotopic (exact) mass is 207 g/mol. The Morgan fingerprint density at radius 2 is 2.00 bits per heavy atom. The number of likely N-dealkylation sites (N-methyl/N-ethyl adjacent to an activating group) is 1. The Hall–Kier alpha value is -0.340. The molecule has 0 bridgehead atoms. The van der Waals surface area contributed by atoms with Crippen LogP contribution in [0.4, 0.5) is 0 Å². The Balaban J connectivity index is 0. The summed E-state index contributed by atoms with van der Waals surface area (Å²) in [6.45, 7) is 3.44. The molecule has 0 aromatic heterocycles. The average molecular weight is 208 g/mol. The van der Waals surface area contributed by atoms with Gasteiger partial charge in [-0.25, -0.2) is 4.79 Å². The summed E-state index contributed by atoms with van der Waals surface area (Å²) >= 11 is 0. The molecule has 0 aliphatic carbocycles. The van der Waals surface area contributed by atoms with E-state index in [0.717, 1.165) is 11.0 Å². The molecular weight excluding hydrogens is 190 g/mol. The highest BCUT2D eigenvalue weighted by Crippen LogP contribution is 1.94. The number of hydrogen-bond acceptors (Lipinski definition) is 2. The van der Waals surface area contributed by atoms with Crippen molar-refractivity contribution in [1.82, 2.24) is 0 Å². The Kier molecular flexibility index (Phi) is 8.27. The van der Waals surface area contributed by atoms with Crippen molar-refractivity contribution < 1.29 is 26.4 Å². The van der Waals surface area contributed by atoms with Crippen LogP contribution < -0.4 is 12.4 Å². The van der Waals surface area contributed by atoms with E-state index in [-0.39, 0.29) is 18.5 Å². The molecule has 13 heavy (non-hydrogen) atoms. The molecule has 0 N–H and O–H groups in total. The lowest BCUT2D eigenvalue weighted by molar-refractivity contribution is -0.870. The lowest BCUT2D eigenvalue weighted by atomic mass is 10.4. The van der Waals surface area contributed by atoms with Crippen molar-refractivity contribution in [3.05, 3.63) is 6.08 Å². The second-order valence-electron chi connectivity index (χ2n) is 3.87. The molecule has 0 saturated carbocycles. The van der Waals surface area contributed by atoms with Crippen LogP contribution in [0, 0.1) is 0 Å². The fourth-order valence-corrected chi connectivity index (χ4v) is 0.656. The summed E-state index contributed by atoms with van der Waals surface area (Å²) in [4.78, 5) is 9.91. The summed E-state index contributed by atoms with van der Waals surface area (Å²) in [7, 11) is 6.30. The minimum atomic E-state index is -0.117. The van der Waals surface area contributed by atoms with Gasteiger partial charge in [0, 0.05) is 6.08 Å². The van der Waals surface area contributed by atoms with Gasteiger partial charge in [-0.1, -0.05) is 0 Å². The minimum Gasteiger partial charge on any atom is -1.00 e. The molecule has 0 fully saturated rings. The van der Waals surface area contributed by atoms with Gasteiger partial charge >= 0.3 is 0 Å². The molecule has 0 aromatic carbocycles. The van der Waals surface area contributed by atoms with Gasteiger partial charge in [-0.15, -0.1) is 0 Å². The highest BCUT2D eigenvalue weighted by Gasteiger charge is 2.06. The molecule has 0 aromatic rings. The van der Waals surface area contributed by atoms with E-state index >= 15 is 0 Å². The van der Waals surface area contributed by atoms with Gasteiger partial charge in [0.2, 0.25) is 0 Å². The molecule has 0 aliphatic heterocycles. The summed E-state index contributed by atoms with van der Waals surface area (Å²) < 4.78 is 6.20.